The summed E-state index contributed by atoms with van der Waals surface area (Å²) in [5, 5.41) is 5.81. The number of aryl methyl sites for hydroxylation is 1. The monoisotopic (exact) mass is 390 g/mol. The summed E-state index contributed by atoms with van der Waals surface area (Å²) in [5.74, 6) is 0. The van der Waals surface area contributed by atoms with Gasteiger partial charge in [0.15, 0.2) is 5.69 Å². The average molecular weight is 390 g/mol. The molecule has 4 nitrogen and oxygen atoms in total. The van der Waals surface area contributed by atoms with E-state index in [-0.39, 0.29) is 5.69 Å². The largest absolute Gasteiger partial charge is 0.435 e. The molecule has 1 N–H and O–H groups in total. The minimum Gasteiger partial charge on any atom is -0.351 e. The molecular formula is C21H25F3N4. The molecule has 0 amide bonds. The Hall–Kier alpha value is -2.57. The molecule has 3 rings (SSSR count). The first kappa shape index (κ1) is 20.2. The van der Waals surface area contributed by atoms with Gasteiger partial charge in [0.05, 0.1) is 11.4 Å². The van der Waals surface area contributed by atoms with E-state index in [1.54, 1.807) is 6.20 Å². The first-order valence-corrected chi connectivity index (χ1v) is 9.71. The number of pyridine rings is 1. The molecule has 3 aromatic heterocycles. The minimum atomic E-state index is -4.48. The van der Waals surface area contributed by atoms with E-state index in [2.05, 4.69) is 45.9 Å². The molecule has 28 heavy (non-hydrogen) atoms. The maximum atomic E-state index is 12.8. The summed E-state index contributed by atoms with van der Waals surface area (Å²) in [6.07, 6.45) is 4.94. The topological polar surface area (TPSA) is 46.5 Å². The molecule has 0 spiro atoms. The second-order valence-electron chi connectivity index (χ2n) is 6.87. The van der Waals surface area contributed by atoms with Gasteiger partial charge in [-0.15, -0.1) is 0 Å². The molecule has 0 aliphatic carbocycles. The third kappa shape index (κ3) is 4.46. The molecule has 0 fully saturated rings. The highest BCUT2D eigenvalue weighted by Gasteiger charge is 2.34. The van der Waals surface area contributed by atoms with Gasteiger partial charge in [-0.25, -0.2) is 0 Å². The van der Waals surface area contributed by atoms with Gasteiger partial charge in [0.2, 0.25) is 0 Å². The fourth-order valence-electron chi connectivity index (χ4n) is 3.41. The van der Waals surface area contributed by atoms with Crippen LogP contribution in [0.4, 0.5) is 13.2 Å². The maximum Gasteiger partial charge on any atom is 0.435 e. The molecule has 0 bridgehead atoms. The van der Waals surface area contributed by atoms with Crippen molar-refractivity contribution < 1.29 is 13.2 Å². The van der Waals surface area contributed by atoms with E-state index in [1.165, 1.54) is 25.0 Å². The van der Waals surface area contributed by atoms with Crippen LogP contribution < -0.4 is 0 Å². The number of aromatic nitrogens is 4. The first-order chi connectivity index (χ1) is 13.4. The summed E-state index contributed by atoms with van der Waals surface area (Å²) < 4.78 is 40.7. The van der Waals surface area contributed by atoms with Crippen LogP contribution in [0.3, 0.4) is 0 Å². The van der Waals surface area contributed by atoms with Crippen LogP contribution in [0, 0.1) is 0 Å². The summed E-state index contributed by atoms with van der Waals surface area (Å²) in [6.45, 7) is 5.19. The molecule has 150 valence electrons. The molecule has 0 saturated heterocycles. The lowest BCUT2D eigenvalue weighted by atomic mass is 10.0. The molecule has 0 saturated carbocycles. The predicted molar refractivity (Wildman–Crippen MR) is 104 cm³/mol. The van der Waals surface area contributed by atoms with Crippen molar-refractivity contribution in [1.29, 1.82) is 0 Å². The van der Waals surface area contributed by atoms with Crippen molar-refractivity contribution in [3.05, 3.63) is 48.0 Å². The van der Waals surface area contributed by atoms with E-state index in [1.807, 2.05) is 12.1 Å². The number of hydrogen-bond acceptors (Lipinski definition) is 2. The number of rotatable bonds is 8. The highest BCUT2D eigenvalue weighted by atomic mass is 19.4. The zero-order valence-corrected chi connectivity index (χ0v) is 16.2. The van der Waals surface area contributed by atoms with Crippen LogP contribution in [-0.2, 0) is 19.1 Å². The number of halogens is 3. The smallest absolute Gasteiger partial charge is 0.351 e. The fourth-order valence-corrected chi connectivity index (χ4v) is 3.41. The van der Waals surface area contributed by atoms with E-state index in [9.17, 15) is 13.2 Å². The Kier molecular flexibility index (Phi) is 6.21. The van der Waals surface area contributed by atoms with Gasteiger partial charge in [-0.3, -0.25) is 10.1 Å². The van der Waals surface area contributed by atoms with Crippen molar-refractivity contribution in [2.24, 2.45) is 0 Å². The molecule has 0 aliphatic heterocycles. The number of nitrogens with one attached hydrogen (secondary N) is 1. The standard InChI is InChI=1S/C21H25F3N4/c1-3-5-6-7-8-19-16(10-12-28(19)4-2)15-9-11-25-17(13-15)18-14-20(27-26-18)21(22,23)24/h9-14H,3-8H2,1-2H3,(H,26,27). The van der Waals surface area contributed by atoms with Crippen LogP contribution in [0.2, 0.25) is 0 Å². The second-order valence-corrected chi connectivity index (χ2v) is 6.87. The Bertz CT molecular complexity index is 909. The normalized spacial score (nSPS) is 11.9. The Morgan fingerprint density at radius 1 is 1.07 bits per heavy atom. The van der Waals surface area contributed by atoms with Crippen molar-refractivity contribution in [3.63, 3.8) is 0 Å². The van der Waals surface area contributed by atoms with Crippen LogP contribution in [0.5, 0.6) is 0 Å². The highest BCUT2D eigenvalue weighted by Crippen LogP contribution is 2.32. The SMILES string of the molecule is CCCCCCc1c(-c2ccnc(-c3cc(C(F)(F)F)n[nH]3)c2)ccn1CC. The lowest BCUT2D eigenvalue weighted by Crippen LogP contribution is -2.04. The van der Waals surface area contributed by atoms with Crippen LogP contribution >= 0.6 is 0 Å². The fraction of sp³-hybridized carbons (Fsp3) is 0.429. The Balaban J connectivity index is 1.90. The van der Waals surface area contributed by atoms with Crippen molar-refractivity contribution in [3.8, 4) is 22.5 Å². The molecular weight excluding hydrogens is 365 g/mol. The number of unbranched alkanes of at least 4 members (excludes halogenated alkanes) is 3. The van der Waals surface area contributed by atoms with E-state index in [4.69, 9.17) is 0 Å². The van der Waals surface area contributed by atoms with Crippen LogP contribution in [-0.4, -0.2) is 19.7 Å². The Morgan fingerprint density at radius 3 is 2.57 bits per heavy atom. The number of aromatic amines is 1. The maximum absolute atomic E-state index is 12.8. The number of H-pyrrole nitrogens is 1. The van der Waals surface area contributed by atoms with E-state index < -0.39 is 11.9 Å². The van der Waals surface area contributed by atoms with Gasteiger partial charge in [0.1, 0.15) is 0 Å². The lowest BCUT2D eigenvalue weighted by Gasteiger charge is -2.11. The average Bonchev–Trinajstić information content (AvgIpc) is 3.32. The van der Waals surface area contributed by atoms with Gasteiger partial charge < -0.3 is 4.57 Å². The quantitative estimate of drug-likeness (QED) is 0.472. The minimum absolute atomic E-state index is 0.258. The molecule has 7 heteroatoms. The van der Waals surface area contributed by atoms with Gasteiger partial charge in [-0.1, -0.05) is 26.2 Å². The number of nitrogens with zero attached hydrogens (tertiary/aromatic N) is 3. The molecule has 0 aromatic carbocycles. The molecule has 0 aliphatic rings. The van der Waals surface area contributed by atoms with E-state index in [0.29, 0.717) is 5.69 Å². The summed E-state index contributed by atoms with van der Waals surface area (Å²) in [6, 6.07) is 6.79. The molecule has 0 unspecified atom stereocenters. The van der Waals surface area contributed by atoms with E-state index in [0.717, 1.165) is 36.6 Å². The molecule has 0 radical (unpaired) electrons. The van der Waals surface area contributed by atoms with Gasteiger partial charge in [0, 0.05) is 30.2 Å². The van der Waals surface area contributed by atoms with Crippen LogP contribution in [0.1, 0.15) is 50.9 Å². The Labute approximate surface area is 162 Å². The zero-order valence-electron chi connectivity index (χ0n) is 16.2. The zero-order chi connectivity index (χ0) is 20.1. The second kappa shape index (κ2) is 8.63. The van der Waals surface area contributed by atoms with Crippen molar-refractivity contribution in [2.45, 2.75) is 58.7 Å². The first-order valence-electron chi connectivity index (χ1n) is 9.71. The molecule has 0 atom stereocenters. The lowest BCUT2D eigenvalue weighted by molar-refractivity contribution is -0.141. The van der Waals surface area contributed by atoms with Crippen molar-refractivity contribution in [1.82, 2.24) is 19.7 Å². The molecule has 3 heterocycles. The van der Waals surface area contributed by atoms with Crippen LogP contribution in [0.25, 0.3) is 22.5 Å². The number of hydrogen-bond donors (Lipinski definition) is 1. The van der Waals surface area contributed by atoms with Gasteiger partial charge in [-0.05, 0) is 49.6 Å². The summed E-state index contributed by atoms with van der Waals surface area (Å²) in [4.78, 5) is 4.23. The molecule has 3 aromatic rings. The van der Waals surface area contributed by atoms with Gasteiger partial charge in [-0.2, -0.15) is 18.3 Å². The summed E-state index contributed by atoms with van der Waals surface area (Å²) in [7, 11) is 0. The Morgan fingerprint density at radius 2 is 1.89 bits per heavy atom. The third-order valence-corrected chi connectivity index (χ3v) is 4.90. The highest BCUT2D eigenvalue weighted by molar-refractivity contribution is 5.71. The van der Waals surface area contributed by atoms with Crippen molar-refractivity contribution >= 4 is 0 Å². The van der Waals surface area contributed by atoms with Gasteiger partial charge in [0.25, 0.3) is 0 Å². The third-order valence-electron chi connectivity index (χ3n) is 4.90. The summed E-state index contributed by atoms with van der Waals surface area (Å²) in [5.41, 5.74) is 3.08. The van der Waals surface area contributed by atoms with Crippen LogP contribution in [0.15, 0.2) is 36.7 Å². The number of alkyl halides is 3. The van der Waals surface area contributed by atoms with E-state index >= 15 is 0 Å². The van der Waals surface area contributed by atoms with Gasteiger partial charge >= 0.3 is 6.18 Å². The predicted octanol–water partition coefficient (Wildman–Crippen LogP) is 6.10. The summed E-state index contributed by atoms with van der Waals surface area (Å²) >= 11 is 0. The van der Waals surface area contributed by atoms with Crippen molar-refractivity contribution in [2.75, 3.05) is 0 Å².